The van der Waals surface area contributed by atoms with Crippen LogP contribution in [-0.4, -0.2) is 6.29 Å². The van der Waals surface area contributed by atoms with Crippen molar-refractivity contribution in [1.82, 2.24) is 0 Å². The molecule has 1 aromatic carbocycles. The summed E-state index contributed by atoms with van der Waals surface area (Å²) in [4.78, 5) is 10.5. The molecule has 0 bridgehead atoms. The Hall–Kier alpha value is -1.62. The van der Waals surface area contributed by atoms with E-state index in [1.54, 1.807) is 6.07 Å². The summed E-state index contributed by atoms with van der Waals surface area (Å²) in [5.74, 6) is 0. The van der Waals surface area contributed by atoms with Crippen molar-refractivity contribution in [1.29, 1.82) is 5.26 Å². The van der Waals surface area contributed by atoms with Crippen LogP contribution in [0.25, 0.3) is 0 Å². The predicted molar refractivity (Wildman–Crippen MR) is 46.0 cm³/mol. The van der Waals surface area contributed by atoms with E-state index < -0.39 is 0 Å². The summed E-state index contributed by atoms with van der Waals surface area (Å²) in [6.45, 7) is 3.74. The second-order valence-corrected chi connectivity index (χ2v) is 2.78. The molecule has 0 aliphatic heterocycles. The number of nitrogens with zero attached hydrogens (tertiary/aromatic N) is 1. The third-order valence-electron chi connectivity index (χ3n) is 1.75. The van der Waals surface area contributed by atoms with Crippen LogP contribution in [0.4, 0.5) is 0 Å². The van der Waals surface area contributed by atoms with Gasteiger partial charge in [0.05, 0.1) is 5.56 Å². The Kier molecular flexibility index (Phi) is 2.25. The molecule has 2 heteroatoms. The number of benzene rings is 1. The molecule has 0 saturated heterocycles. The molecule has 2 nitrogen and oxygen atoms in total. The van der Waals surface area contributed by atoms with Crippen LogP contribution < -0.4 is 0 Å². The average Bonchev–Trinajstić information content (AvgIpc) is 2.03. The summed E-state index contributed by atoms with van der Waals surface area (Å²) < 4.78 is 0. The highest BCUT2D eigenvalue weighted by molar-refractivity contribution is 5.80. The van der Waals surface area contributed by atoms with Crippen molar-refractivity contribution in [3.63, 3.8) is 0 Å². The average molecular weight is 159 g/mol. The lowest BCUT2D eigenvalue weighted by atomic mass is 10.0. The minimum atomic E-state index is 0.481. The van der Waals surface area contributed by atoms with Crippen LogP contribution in [0.5, 0.6) is 0 Å². The SMILES string of the molecule is Cc1cc(C)c(C#N)c(C=O)c1. The lowest BCUT2D eigenvalue weighted by molar-refractivity contribution is 0.112. The van der Waals surface area contributed by atoms with E-state index in [9.17, 15) is 4.79 Å². The predicted octanol–water partition coefficient (Wildman–Crippen LogP) is 1.99. The van der Waals surface area contributed by atoms with Gasteiger partial charge in [0.15, 0.2) is 6.29 Å². The molecule has 0 radical (unpaired) electrons. The molecule has 0 unspecified atom stereocenters. The summed E-state index contributed by atoms with van der Waals surface area (Å²) in [6, 6.07) is 5.63. The Morgan fingerprint density at radius 3 is 2.58 bits per heavy atom. The van der Waals surface area contributed by atoms with Crippen LogP contribution in [-0.2, 0) is 0 Å². The number of nitriles is 1. The summed E-state index contributed by atoms with van der Waals surface area (Å²) in [5, 5.41) is 8.71. The molecule has 0 atom stereocenters. The Bertz CT molecular complexity index is 361. The fourth-order valence-corrected chi connectivity index (χ4v) is 1.25. The number of hydrogen-bond acceptors (Lipinski definition) is 2. The van der Waals surface area contributed by atoms with Gasteiger partial charge >= 0.3 is 0 Å². The Morgan fingerprint density at radius 1 is 1.42 bits per heavy atom. The highest BCUT2D eigenvalue weighted by Gasteiger charge is 2.04. The van der Waals surface area contributed by atoms with Crippen LogP contribution >= 0.6 is 0 Å². The normalized spacial score (nSPS) is 9.08. The summed E-state index contributed by atoms with van der Waals surface area (Å²) in [7, 11) is 0. The van der Waals surface area contributed by atoms with Crippen LogP contribution in [0.1, 0.15) is 27.0 Å². The van der Waals surface area contributed by atoms with Gasteiger partial charge in [-0.1, -0.05) is 11.6 Å². The molecule has 0 amide bonds. The third kappa shape index (κ3) is 1.35. The Labute approximate surface area is 71.4 Å². The first-order valence-electron chi connectivity index (χ1n) is 3.65. The van der Waals surface area contributed by atoms with E-state index in [-0.39, 0.29) is 0 Å². The number of aldehydes is 1. The largest absolute Gasteiger partial charge is 0.298 e. The zero-order chi connectivity index (χ0) is 9.14. The van der Waals surface area contributed by atoms with E-state index in [4.69, 9.17) is 5.26 Å². The Balaban J connectivity index is 3.46. The number of carbonyl (C=O) groups is 1. The lowest BCUT2D eigenvalue weighted by Crippen LogP contribution is -1.92. The third-order valence-corrected chi connectivity index (χ3v) is 1.75. The van der Waals surface area contributed by atoms with Crippen LogP contribution in [0.15, 0.2) is 12.1 Å². The molecule has 1 aromatic rings. The highest BCUT2D eigenvalue weighted by atomic mass is 16.1. The summed E-state index contributed by atoms with van der Waals surface area (Å²) in [6.07, 6.45) is 0.721. The second-order valence-electron chi connectivity index (χ2n) is 2.78. The van der Waals surface area contributed by atoms with Crippen molar-refractivity contribution in [3.8, 4) is 6.07 Å². The number of rotatable bonds is 1. The molecule has 0 aliphatic rings. The molecule has 1 rings (SSSR count). The van der Waals surface area contributed by atoms with Gasteiger partial charge in [0, 0.05) is 5.56 Å². The van der Waals surface area contributed by atoms with Gasteiger partial charge in [-0.2, -0.15) is 5.26 Å². The zero-order valence-electron chi connectivity index (χ0n) is 7.09. The van der Waals surface area contributed by atoms with Crippen molar-refractivity contribution < 1.29 is 4.79 Å². The summed E-state index contributed by atoms with van der Waals surface area (Å²) in [5.41, 5.74) is 2.83. The second kappa shape index (κ2) is 3.19. The maximum Gasteiger partial charge on any atom is 0.151 e. The minimum Gasteiger partial charge on any atom is -0.298 e. The van der Waals surface area contributed by atoms with Gasteiger partial charge in [-0.25, -0.2) is 0 Å². The summed E-state index contributed by atoms with van der Waals surface area (Å²) >= 11 is 0. The quantitative estimate of drug-likeness (QED) is 0.588. The van der Waals surface area contributed by atoms with Gasteiger partial charge < -0.3 is 0 Å². The number of carbonyl (C=O) groups excluding carboxylic acids is 1. The van der Waals surface area contributed by atoms with Gasteiger partial charge in [0.1, 0.15) is 6.07 Å². The molecule has 0 aromatic heterocycles. The molecule has 0 heterocycles. The van der Waals surface area contributed by atoms with Crippen LogP contribution in [0, 0.1) is 25.2 Å². The lowest BCUT2D eigenvalue weighted by Gasteiger charge is -2.01. The zero-order valence-corrected chi connectivity index (χ0v) is 7.09. The number of hydrogen-bond donors (Lipinski definition) is 0. The first-order valence-corrected chi connectivity index (χ1v) is 3.65. The van der Waals surface area contributed by atoms with Crippen molar-refractivity contribution in [2.45, 2.75) is 13.8 Å². The van der Waals surface area contributed by atoms with Crippen molar-refractivity contribution in [2.75, 3.05) is 0 Å². The maximum atomic E-state index is 10.5. The van der Waals surface area contributed by atoms with Gasteiger partial charge in [0.25, 0.3) is 0 Å². The Morgan fingerprint density at radius 2 is 2.08 bits per heavy atom. The van der Waals surface area contributed by atoms with Crippen molar-refractivity contribution in [3.05, 3.63) is 34.4 Å². The van der Waals surface area contributed by atoms with Crippen LogP contribution in [0.2, 0.25) is 0 Å². The fraction of sp³-hybridized carbons (Fsp3) is 0.200. The van der Waals surface area contributed by atoms with Gasteiger partial charge in [-0.15, -0.1) is 0 Å². The van der Waals surface area contributed by atoms with Crippen LogP contribution in [0.3, 0.4) is 0 Å². The smallest absolute Gasteiger partial charge is 0.151 e. The molecular formula is C10H9NO. The van der Waals surface area contributed by atoms with E-state index in [0.717, 1.165) is 17.4 Å². The highest BCUT2D eigenvalue weighted by Crippen LogP contribution is 2.13. The molecule has 0 fully saturated rings. The van der Waals surface area contributed by atoms with E-state index in [2.05, 4.69) is 0 Å². The molecule has 0 saturated carbocycles. The monoisotopic (exact) mass is 159 g/mol. The van der Waals surface area contributed by atoms with Gasteiger partial charge in [-0.05, 0) is 25.5 Å². The molecule has 0 spiro atoms. The first kappa shape index (κ1) is 8.48. The first-order chi connectivity index (χ1) is 5.69. The van der Waals surface area contributed by atoms with Crippen molar-refractivity contribution >= 4 is 6.29 Å². The van der Waals surface area contributed by atoms with Gasteiger partial charge in [-0.3, -0.25) is 4.79 Å². The van der Waals surface area contributed by atoms with E-state index in [0.29, 0.717) is 11.1 Å². The van der Waals surface area contributed by atoms with Gasteiger partial charge in [0.2, 0.25) is 0 Å². The van der Waals surface area contributed by atoms with E-state index >= 15 is 0 Å². The molecule has 60 valence electrons. The molecule has 0 aliphatic carbocycles. The number of aryl methyl sites for hydroxylation is 2. The van der Waals surface area contributed by atoms with Crippen molar-refractivity contribution in [2.24, 2.45) is 0 Å². The topological polar surface area (TPSA) is 40.9 Å². The molecular weight excluding hydrogens is 150 g/mol. The maximum absolute atomic E-state index is 10.5. The molecule has 12 heavy (non-hydrogen) atoms. The van der Waals surface area contributed by atoms with E-state index in [1.807, 2.05) is 26.0 Å². The molecule has 0 N–H and O–H groups in total. The minimum absolute atomic E-state index is 0.481. The van der Waals surface area contributed by atoms with E-state index in [1.165, 1.54) is 0 Å². The fourth-order valence-electron chi connectivity index (χ4n) is 1.25. The standard InChI is InChI=1S/C10H9NO/c1-7-3-8(2)10(5-11)9(4-7)6-12/h3-4,6H,1-2H3.